The smallest absolute Gasteiger partial charge is 0.0346 e. The summed E-state index contributed by atoms with van der Waals surface area (Å²) in [5.41, 5.74) is 8.23. The van der Waals surface area contributed by atoms with E-state index in [0.717, 1.165) is 18.2 Å². The lowest BCUT2D eigenvalue weighted by Gasteiger charge is -2.26. The zero-order chi connectivity index (χ0) is 12.8. The minimum Gasteiger partial charge on any atom is -0.399 e. The molecule has 0 radical (unpaired) electrons. The second-order valence-electron chi connectivity index (χ2n) is 5.54. The van der Waals surface area contributed by atoms with Crippen LogP contribution in [0.2, 0.25) is 0 Å². The van der Waals surface area contributed by atoms with Gasteiger partial charge in [0.05, 0.1) is 0 Å². The number of nitrogens with two attached hydrogens (primary N) is 1. The van der Waals surface area contributed by atoms with Crippen LogP contribution in [-0.2, 0) is 6.42 Å². The number of benzene rings is 1. The predicted octanol–water partition coefficient (Wildman–Crippen LogP) is 3.47. The van der Waals surface area contributed by atoms with Gasteiger partial charge in [0.1, 0.15) is 0 Å². The molecule has 1 atom stereocenters. The van der Waals surface area contributed by atoms with Crippen molar-refractivity contribution >= 4 is 5.69 Å². The van der Waals surface area contributed by atoms with Gasteiger partial charge >= 0.3 is 0 Å². The molecule has 1 aromatic rings. The molecular weight excluding hydrogens is 220 g/mol. The lowest BCUT2D eigenvalue weighted by atomic mass is 10.1. The molecule has 1 fully saturated rings. The van der Waals surface area contributed by atoms with E-state index >= 15 is 0 Å². The molecule has 0 bridgehead atoms. The molecule has 2 N–H and O–H groups in total. The third-order valence-corrected chi connectivity index (χ3v) is 4.14. The summed E-state index contributed by atoms with van der Waals surface area (Å²) in [6, 6.07) is 9.02. The summed E-state index contributed by atoms with van der Waals surface area (Å²) in [6.45, 7) is 4.88. The Morgan fingerprint density at radius 3 is 2.89 bits per heavy atom. The number of hydrogen-bond donors (Lipinski definition) is 1. The SMILES string of the molecule is CC1CCCCCN1CCCc1ccccc1N. The second kappa shape index (κ2) is 6.79. The summed E-state index contributed by atoms with van der Waals surface area (Å²) in [4.78, 5) is 2.66. The fraction of sp³-hybridized carbons (Fsp3) is 0.625. The van der Waals surface area contributed by atoms with Crippen molar-refractivity contribution in [2.24, 2.45) is 0 Å². The molecule has 0 aliphatic carbocycles. The average Bonchev–Trinajstić information content (AvgIpc) is 2.57. The highest BCUT2D eigenvalue weighted by Gasteiger charge is 2.15. The molecule has 1 heterocycles. The summed E-state index contributed by atoms with van der Waals surface area (Å²) in [5.74, 6) is 0. The van der Waals surface area contributed by atoms with E-state index < -0.39 is 0 Å². The molecule has 1 saturated heterocycles. The van der Waals surface area contributed by atoms with Gasteiger partial charge in [-0.3, -0.25) is 0 Å². The third kappa shape index (κ3) is 3.74. The number of nitrogen functional groups attached to an aromatic ring is 1. The second-order valence-corrected chi connectivity index (χ2v) is 5.54. The molecule has 0 amide bonds. The van der Waals surface area contributed by atoms with Gasteiger partial charge in [-0.05, 0) is 57.3 Å². The van der Waals surface area contributed by atoms with Gasteiger partial charge in [0.25, 0.3) is 0 Å². The number of likely N-dealkylation sites (tertiary alicyclic amines) is 1. The number of para-hydroxylation sites is 1. The first-order chi connectivity index (χ1) is 8.77. The number of hydrogen-bond acceptors (Lipinski definition) is 2. The topological polar surface area (TPSA) is 29.3 Å². The minimum atomic E-state index is 0.764. The van der Waals surface area contributed by atoms with E-state index in [0.29, 0.717) is 0 Å². The van der Waals surface area contributed by atoms with Crippen molar-refractivity contribution in [1.82, 2.24) is 4.90 Å². The van der Waals surface area contributed by atoms with E-state index in [1.165, 1.54) is 50.8 Å². The summed E-state index contributed by atoms with van der Waals surface area (Å²) < 4.78 is 0. The van der Waals surface area contributed by atoms with E-state index in [1.54, 1.807) is 0 Å². The Morgan fingerprint density at radius 1 is 1.22 bits per heavy atom. The normalized spacial score (nSPS) is 21.7. The third-order valence-electron chi connectivity index (χ3n) is 4.14. The van der Waals surface area contributed by atoms with Crippen LogP contribution in [-0.4, -0.2) is 24.0 Å². The predicted molar refractivity (Wildman–Crippen MR) is 78.7 cm³/mol. The molecule has 2 nitrogen and oxygen atoms in total. The molecule has 2 heteroatoms. The molecule has 1 unspecified atom stereocenters. The Bertz CT molecular complexity index is 362. The van der Waals surface area contributed by atoms with E-state index in [1.807, 2.05) is 12.1 Å². The summed E-state index contributed by atoms with van der Waals surface area (Å²) >= 11 is 0. The summed E-state index contributed by atoms with van der Waals surface area (Å²) in [5, 5.41) is 0. The number of nitrogens with zero attached hydrogens (tertiary/aromatic N) is 1. The van der Waals surface area contributed by atoms with Crippen LogP contribution >= 0.6 is 0 Å². The van der Waals surface area contributed by atoms with Gasteiger partial charge in [-0.25, -0.2) is 0 Å². The molecule has 18 heavy (non-hydrogen) atoms. The molecule has 0 saturated carbocycles. The first-order valence-electron chi connectivity index (χ1n) is 7.35. The van der Waals surface area contributed by atoms with E-state index in [2.05, 4.69) is 24.0 Å². The monoisotopic (exact) mass is 246 g/mol. The highest BCUT2D eigenvalue weighted by Crippen LogP contribution is 2.18. The minimum absolute atomic E-state index is 0.764. The van der Waals surface area contributed by atoms with Gasteiger partial charge < -0.3 is 10.6 Å². The first-order valence-corrected chi connectivity index (χ1v) is 7.35. The van der Waals surface area contributed by atoms with Crippen molar-refractivity contribution in [3.8, 4) is 0 Å². The molecule has 100 valence electrons. The Balaban J connectivity index is 1.79. The molecule has 2 rings (SSSR count). The largest absolute Gasteiger partial charge is 0.399 e. The summed E-state index contributed by atoms with van der Waals surface area (Å²) in [7, 11) is 0. The molecule has 1 aliphatic heterocycles. The Labute approximate surface area is 111 Å². The van der Waals surface area contributed by atoms with Crippen LogP contribution < -0.4 is 5.73 Å². The van der Waals surface area contributed by atoms with E-state index in [9.17, 15) is 0 Å². The van der Waals surface area contributed by atoms with Crippen LogP contribution in [0.5, 0.6) is 0 Å². The van der Waals surface area contributed by atoms with Crippen LogP contribution in [0.25, 0.3) is 0 Å². The fourth-order valence-corrected chi connectivity index (χ4v) is 2.90. The fourth-order valence-electron chi connectivity index (χ4n) is 2.90. The molecule has 1 aromatic carbocycles. The van der Waals surface area contributed by atoms with Crippen LogP contribution in [0.1, 0.15) is 44.6 Å². The van der Waals surface area contributed by atoms with Crippen molar-refractivity contribution in [3.63, 3.8) is 0 Å². The van der Waals surface area contributed by atoms with Crippen molar-refractivity contribution < 1.29 is 0 Å². The lowest BCUT2D eigenvalue weighted by molar-refractivity contribution is 0.211. The zero-order valence-electron chi connectivity index (χ0n) is 11.6. The van der Waals surface area contributed by atoms with Gasteiger partial charge in [0, 0.05) is 11.7 Å². The Morgan fingerprint density at radius 2 is 2.06 bits per heavy atom. The first kappa shape index (κ1) is 13.4. The van der Waals surface area contributed by atoms with Crippen molar-refractivity contribution in [1.29, 1.82) is 0 Å². The van der Waals surface area contributed by atoms with Crippen LogP contribution in [0, 0.1) is 0 Å². The number of aryl methyl sites for hydroxylation is 1. The Hall–Kier alpha value is -1.02. The van der Waals surface area contributed by atoms with Gasteiger partial charge in [-0.2, -0.15) is 0 Å². The Kier molecular flexibility index (Phi) is 5.06. The van der Waals surface area contributed by atoms with E-state index in [4.69, 9.17) is 5.73 Å². The molecule has 1 aliphatic rings. The lowest BCUT2D eigenvalue weighted by Crippen LogP contribution is -2.33. The highest BCUT2D eigenvalue weighted by molar-refractivity contribution is 5.46. The van der Waals surface area contributed by atoms with E-state index in [-0.39, 0.29) is 0 Å². The number of rotatable bonds is 4. The van der Waals surface area contributed by atoms with Gasteiger partial charge in [-0.1, -0.05) is 31.0 Å². The molecular formula is C16H26N2. The highest BCUT2D eigenvalue weighted by atomic mass is 15.1. The quantitative estimate of drug-likeness (QED) is 0.824. The van der Waals surface area contributed by atoms with Crippen molar-refractivity contribution in [2.45, 2.75) is 51.5 Å². The van der Waals surface area contributed by atoms with Crippen molar-refractivity contribution in [2.75, 3.05) is 18.8 Å². The van der Waals surface area contributed by atoms with Crippen LogP contribution in [0.4, 0.5) is 5.69 Å². The summed E-state index contributed by atoms with van der Waals surface area (Å²) in [6.07, 6.45) is 7.88. The van der Waals surface area contributed by atoms with Gasteiger partial charge in [0.2, 0.25) is 0 Å². The van der Waals surface area contributed by atoms with Crippen molar-refractivity contribution in [3.05, 3.63) is 29.8 Å². The van der Waals surface area contributed by atoms with Gasteiger partial charge in [0.15, 0.2) is 0 Å². The zero-order valence-corrected chi connectivity index (χ0v) is 11.6. The van der Waals surface area contributed by atoms with Crippen LogP contribution in [0.15, 0.2) is 24.3 Å². The maximum absolute atomic E-state index is 5.98. The number of anilines is 1. The maximum Gasteiger partial charge on any atom is 0.0346 e. The molecule has 0 spiro atoms. The standard InChI is InChI=1S/C16H26N2/c1-14-8-3-2-6-12-18(14)13-7-10-15-9-4-5-11-16(15)17/h4-5,9,11,14H,2-3,6-8,10,12-13,17H2,1H3. The van der Waals surface area contributed by atoms with Gasteiger partial charge in [-0.15, -0.1) is 0 Å². The maximum atomic E-state index is 5.98. The average molecular weight is 246 g/mol. The molecule has 0 aromatic heterocycles. The van der Waals surface area contributed by atoms with Crippen LogP contribution in [0.3, 0.4) is 0 Å².